The van der Waals surface area contributed by atoms with Crippen molar-refractivity contribution in [3.8, 4) is 0 Å². The van der Waals surface area contributed by atoms with Crippen LogP contribution in [-0.2, 0) is 4.79 Å². The van der Waals surface area contributed by atoms with E-state index in [1.54, 1.807) is 4.90 Å². The second-order valence-electron chi connectivity index (χ2n) is 6.86. The molecule has 0 saturated carbocycles. The van der Waals surface area contributed by atoms with Crippen molar-refractivity contribution in [1.29, 1.82) is 0 Å². The van der Waals surface area contributed by atoms with Crippen molar-refractivity contribution in [3.63, 3.8) is 0 Å². The monoisotopic (exact) mass is 333 g/mol. The van der Waals surface area contributed by atoms with Crippen molar-refractivity contribution >= 4 is 29.2 Å². The SMILES string of the molecule is C[C@@]12CCCN1C(=O)N(C1CCN(c3cccc(Cl)c3)C1)C2=O. The first kappa shape index (κ1) is 14.8. The average molecular weight is 334 g/mol. The summed E-state index contributed by atoms with van der Waals surface area (Å²) in [7, 11) is 0. The third kappa shape index (κ3) is 2.13. The Morgan fingerprint density at radius 2 is 2.09 bits per heavy atom. The minimum absolute atomic E-state index is 0.0158. The van der Waals surface area contributed by atoms with E-state index in [1.165, 1.54) is 4.90 Å². The summed E-state index contributed by atoms with van der Waals surface area (Å²) in [5.41, 5.74) is 0.436. The zero-order valence-corrected chi connectivity index (χ0v) is 13.9. The van der Waals surface area contributed by atoms with E-state index in [1.807, 2.05) is 31.2 Å². The second-order valence-corrected chi connectivity index (χ2v) is 7.29. The standard InChI is InChI=1S/C17H20ClN3O2/c1-17-7-3-8-20(17)16(23)21(15(17)22)14-6-9-19(11-14)13-5-2-4-12(18)10-13/h2,4-5,10,14H,3,6-9,11H2,1H3/t14?,17-/m0/s1. The van der Waals surface area contributed by atoms with Crippen LogP contribution < -0.4 is 4.90 Å². The number of carbonyl (C=O) groups excluding carboxylic acids is 2. The van der Waals surface area contributed by atoms with E-state index in [0.29, 0.717) is 18.1 Å². The molecule has 3 aliphatic rings. The third-order valence-electron chi connectivity index (χ3n) is 5.46. The van der Waals surface area contributed by atoms with Gasteiger partial charge in [0, 0.05) is 30.3 Å². The van der Waals surface area contributed by atoms with Gasteiger partial charge in [0.25, 0.3) is 5.91 Å². The molecule has 122 valence electrons. The molecule has 0 aliphatic carbocycles. The Balaban J connectivity index is 1.54. The molecule has 3 saturated heterocycles. The highest BCUT2D eigenvalue weighted by Crippen LogP contribution is 2.39. The summed E-state index contributed by atoms with van der Waals surface area (Å²) in [5, 5.41) is 0.701. The molecule has 0 bridgehead atoms. The first-order valence-electron chi connectivity index (χ1n) is 8.16. The lowest BCUT2D eigenvalue weighted by Crippen LogP contribution is -2.45. The first-order valence-corrected chi connectivity index (χ1v) is 8.54. The number of benzene rings is 1. The number of rotatable bonds is 2. The Hall–Kier alpha value is -1.75. The predicted octanol–water partition coefficient (Wildman–Crippen LogP) is 2.74. The summed E-state index contributed by atoms with van der Waals surface area (Å²) < 4.78 is 0. The van der Waals surface area contributed by atoms with Gasteiger partial charge < -0.3 is 9.80 Å². The summed E-state index contributed by atoms with van der Waals surface area (Å²) in [5.74, 6) is -0.0158. The molecule has 0 radical (unpaired) electrons. The molecule has 0 N–H and O–H groups in total. The molecule has 4 rings (SSSR count). The minimum Gasteiger partial charge on any atom is -0.369 e. The topological polar surface area (TPSA) is 43.9 Å². The van der Waals surface area contributed by atoms with Gasteiger partial charge in [0.2, 0.25) is 0 Å². The van der Waals surface area contributed by atoms with Gasteiger partial charge in [-0.15, -0.1) is 0 Å². The van der Waals surface area contributed by atoms with E-state index in [9.17, 15) is 9.59 Å². The maximum absolute atomic E-state index is 12.8. The molecular formula is C17H20ClN3O2. The van der Waals surface area contributed by atoms with Crippen molar-refractivity contribution < 1.29 is 9.59 Å². The summed E-state index contributed by atoms with van der Waals surface area (Å²) in [6.45, 7) is 4.12. The van der Waals surface area contributed by atoms with Crippen molar-refractivity contribution in [3.05, 3.63) is 29.3 Å². The van der Waals surface area contributed by atoms with Gasteiger partial charge in [0.1, 0.15) is 5.54 Å². The minimum atomic E-state index is -0.611. The zero-order valence-electron chi connectivity index (χ0n) is 13.2. The molecule has 0 spiro atoms. The zero-order chi connectivity index (χ0) is 16.2. The molecule has 3 amide bonds. The highest BCUT2D eigenvalue weighted by Gasteiger charge is 2.58. The van der Waals surface area contributed by atoms with E-state index in [-0.39, 0.29) is 18.0 Å². The molecule has 1 aromatic rings. The second kappa shape index (κ2) is 5.13. The molecule has 5 nitrogen and oxygen atoms in total. The molecule has 0 aromatic heterocycles. The van der Waals surface area contributed by atoms with Crippen molar-refractivity contribution in [1.82, 2.24) is 9.80 Å². The summed E-state index contributed by atoms with van der Waals surface area (Å²) in [4.78, 5) is 31.0. The van der Waals surface area contributed by atoms with E-state index < -0.39 is 5.54 Å². The number of halogens is 1. The largest absolute Gasteiger partial charge is 0.369 e. The number of imide groups is 1. The van der Waals surface area contributed by atoms with Crippen LogP contribution in [0.4, 0.5) is 10.5 Å². The number of carbonyl (C=O) groups is 2. The van der Waals surface area contributed by atoms with Gasteiger partial charge in [0.15, 0.2) is 0 Å². The van der Waals surface area contributed by atoms with Crippen LogP contribution in [0.15, 0.2) is 24.3 Å². The molecule has 3 fully saturated rings. The van der Waals surface area contributed by atoms with Gasteiger partial charge >= 0.3 is 6.03 Å². The number of fused-ring (bicyclic) bond motifs is 1. The normalized spacial score (nSPS) is 30.5. The first-order chi connectivity index (χ1) is 11.0. The molecule has 6 heteroatoms. The van der Waals surface area contributed by atoms with Gasteiger partial charge in [-0.2, -0.15) is 0 Å². The Morgan fingerprint density at radius 3 is 2.83 bits per heavy atom. The van der Waals surface area contributed by atoms with Crippen LogP contribution in [0.25, 0.3) is 0 Å². The number of anilines is 1. The quantitative estimate of drug-likeness (QED) is 0.782. The molecule has 23 heavy (non-hydrogen) atoms. The number of amides is 3. The van der Waals surface area contributed by atoms with Crippen molar-refractivity contribution in [2.75, 3.05) is 24.5 Å². The lowest BCUT2D eigenvalue weighted by Gasteiger charge is -2.24. The van der Waals surface area contributed by atoms with Crippen LogP contribution in [-0.4, -0.2) is 53.0 Å². The van der Waals surface area contributed by atoms with Crippen LogP contribution in [0.3, 0.4) is 0 Å². The Kier molecular flexibility index (Phi) is 3.30. The number of hydrogen-bond acceptors (Lipinski definition) is 3. The smallest absolute Gasteiger partial charge is 0.327 e. The van der Waals surface area contributed by atoms with Crippen molar-refractivity contribution in [2.24, 2.45) is 0 Å². The van der Waals surface area contributed by atoms with Gasteiger partial charge in [-0.25, -0.2) is 4.79 Å². The predicted molar refractivity (Wildman–Crippen MR) is 88.7 cm³/mol. The number of nitrogens with zero attached hydrogens (tertiary/aromatic N) is 3. The van der Waals surface area contributed by atoms with Crippen LogP contribution >= 0.6 is 11.6 Å². The molecule has 2 atom stereocenters. The van der Waals surface area contributed by atoms with E-state index in [4.69, 9.17) is 11.6 Å². The van der Waals surface area contributed by atoms with Crippen LogP contribution in [0, 0.1) is 0 Å². The highest BCUT2D eigenvalue weighted by molar-refractivity contribution is 6.30. The highest BCUT2D eigenvalue weighted by atomic mass is 35.5. The fourth-order valence-corrected chi connectivity index (χ4v) is 4.34. The fraction of sp³-hybridized carbons (Fsp3) is 0.529. The van der Waals surface area contributed by atoms with Crippen LogP contribution in [0.1, 0.15) is 26.2 Å². The van der Waals surface area contributed by atoms with E-state index >= 15 is 0 Å². The number of urea groups is 1. The third-order valence-corrected chi connectivity index (χ3v) is 5.69. The van der Waals surface area contributed by atoms with E-state index in [2.05, 4.69) is 4.90 Å². The average Bonchev–Trinajstić information content (AvgIpc) is 3.18. The van der Waals surface area contributed by atoms with Crippen LogP contribution in [0.2, 0.25) is 5.02 Å². The van der Waals surface area contributed by atoms with E-state index in [0.717, 1.165) is 31.5 Å². The lowest BCUT2D eigenvalue weighted by atomic mass is 9.99. The maximum atomic E-state index is 12.8. The maximum Gasteiger partial charge on any atom is 0.327 e. The summed E-state index contributed by atoms with van der Waals surface area (Å²) in [6, 6.07) is 7.57. The van der Waals surface area contributed by atoms with Gasteiger partial charge in [-0.05, 0) is 44.4 Å². The summed E-state index contributed by atoms with van der Waals surface area (Å²) >= 11 is 6.06. The number of hydrogen-bond donors (Lipinski definition) is 0. The molecule has 1 aromatic carbocycles. The molecular weight excluding hydrogens is 314 g/mol. The summed E-state index contributed by atoms with van der Waals surface area (Å²) in [6.07, 6.45) is 2.51. The fourth-order valence-electron chi connectivity index (χ4n) is 4.15. The van der Waals surface area contributed by atoms with Crippen LogP contribution in [0.5, 0.6) is 0 Å². The molecule has 1 unspecified atom stereocenters. The Bertz CT molecular complexity index is 680. The van der Waals surface area contributed by atoms with Gasteiger partial charge in [-0.3, -0.25) is 9.69 Å². The lowest BCUT2D eigenvalue weighted by molar-refractivity contribution is -0.133. The Morgan fingerprint density at radius 1 is 1.26 bits per heavy atom. The Labute approximate surface area is 140 Å². The molecule has 3 aliphatic heterocycles. The van der Waals surface area contributed by atoms with Gasteiger partial charge in [-0.1, -0.05) is 17.7 Å². The molecule has 3 heterocycles. The van der Waals surface area contributed by atoms with Gasteiger partial charge in [0.05, 0.1) is 6.04 Å². The van der Waals surface area contributed by atoms with Crippen molar-refractivity contribution in [2.45, 2.75) is 37.8 Å².